The monoisotopic (exact) mass is 418 g/mol. The molecule has 1 aliphatic rings. The fourth-order valence-corrected chi connectivity index (χ4v) is 3.62. The summed E-state index contributed by atoms with van der Waals surface area (Å²) in [4.78, 5) is 15.0. The van der Waals surface area contributed by atoms with E-state index >= 15 is 0 Å². The summed E-state index contributed by atoms with van der Waals surface area (Å²) in [5.74, 6) is 2.04. The number of aromatic nitrogens is 2. The quantitative estimate of drug-likeness (QED) is 0.739. The molecule has 3 rings (SSSR count). The first kappa shape index (κ1) is 21.2. The molecule has 1 fully saturated rings. The predicted molar refractivity (Wildman–Crippen MR) is 113 cm³/mol. The molecule has 1 saturated heterocycles. The number of benzene rings is 1. The fraction of sp³-hybridized carbons (Fsp3) is 0.476. The molecule has 0 unspecified atom stereocenters. The van der Waals surface area contributed by atoms with Crippen molar-refractivity contribution in [2.24, 2.45) is 5.92 Å². The third kappa shape index (κ3) is 5.29. The van der Waals surface area contributed by atoms with Gasteiger partial charge in [-0.3, -0.25) is 4.79 Å². The normalized spacial score (nSPS) is 17.5. The molecule has 1 amide bonds. The van der Waals surface area contributed by atoms with Gasteiger partial charge < -0.3 is 19.7 Å². The van der Waals surface area contributed by atoms with Gasteiger partial charge in [-0.05, 0) is 56.5 Å². The van der Waals surface area contributed by atoms with Gasteiger partial charge >= 0.3 is 0 Å². The Morgan fingerprint density at radius 1 is 1.31 bits per heavy atom. The van der Waals surface area contributed by atoms with E-state index in [4.69, 9.17) is 21.1 Å². The number of rotatable bonds is 7. The molecule has 2 heterocycles. The fourth-order valence-electron chi connectivity index (χ4n) is 3.52. The number of carbonyl (C=O) groups excluding carboxylic acids is 1. The van der Waals surface area contributed by atoms with Crippen LogP contribution in [-0.2, 0) is 4.79 Å². The highest BCUT2D eigenvalue weighted by Gasteiger charge is 2.27. The molecule has 156 valence electrons. The van der Waals surface area contributed by atoms with Crippen LogP contribution in [0.3, 0.4) is 0 Å². The van der Waals surface area contributed by atoms with Crippen LogP contribution in [0.15, 0.2) is 30.3 Å². The summed E-state index contributed by atoms with van der Waals surface area (Å²) in [6.45, 7) is 5.93. The number of hydrogen-bond donors (Lipinski definition) is 1. The Kier molecular flexibility index (Phi) is 7.14. The van der Waals surface area contributed by atoms with Crippen molar-refractivity contribution in [2.45, 2.75) is 32.7 Å². The maximum atomic E-state index is 12.9. The summed E-state index contributed by atoms with van der Waals surface area (Å²) in [5.41, 5.74) is 0.967. The van der Waals surface area contributed by atoms with Crippen molar-refractivity contribution in [3.05, 3.63) is 41.0 Å². The third-order valence-electron chi connectivity index (χ3n) is 5.08. The summed E-state index contributed by atoms with van der Waals surface area (Å²) in [6, 6.07) is 9.15. The molecule has 1 aromatic heterocycles. The van der Waals surface area contributed by atoms with Gasteiger partial charge in [-0.25, -0.2) is 0 Å². The van der Waals surface area contributed by atoms with E-state index in [-0.39, 0.29) is 17.9 Å². The number of halogens is 1. The summed E-state index contributed by atoms with van der Waals surface area (Å²) in [5, 5.41) is 11.5. The minimum Gasteiger partial charge on any atom is -0.493 e. The van der Waals surface area contributed by atoms with Gasteiger partial charge in [-0.2, -0.15) is 0 Å². The average Bonchev–Trinajstić information content (AvgIpc) is 2.74. The van der Waals surface area contributed by atoms with Crippen LogP contribution < -0.4 is 19.7 Å². The second kappa shape index (κ2) is 9.78. The number of nitrogens with one attached hydrogen (secondary N) is 1. The van der Waals surface area contributed by atoms with Crippen LogP contribution in [0.5, 0.6) is 11.5 Å². The smallest absolute Gasteiger partial charge is 0.225 e. The lowest BCUT2D eigenvalue weighted by atomic mass is 9.96. The number of amides is 1. The Bertz CT molecular complexity index is 831. The van der Waals surface area contributed by atoms with E-state index in [1.54, 1.807) is 13.2 Å². The van der Waals surface area contributed by atoms with Gasteiger partial charge in [0.05, 0.1) is 25.7 Å². The maximum Gasteiger partial charge on any atom is 0.225 e. The SMILES string of the molecule is CCOc1ccc([C@@H](C)NC(=O)[C@@H]2CCCN(c3ccc(Cl)nn3)C2)cc1OC. The second-order valence-electron chi connectivity index (χ2n) is 7.07. The first-order chi connectivity index (χ1) is 14.0. The van der Waals surface area contributed by atoms with Crippen molar-refractivity contribution < 1.29 is 14.3 Å². The number of carbonyl (C=O) groups is 1. The van der Waals surface area contributed by atoms with Gasteiger partial charge in [-0.15, -0.1) is 10.2 Å². The average molecular weight is 419 g/mol. The molecule has 2 aromatic rings. The molecular weight excluding hydrogens is 392 g/mol. The van der Waals surface area contributed by atoms with Crippen molar-refractivity contribution in [2.75, 3.05) is 31.7 Å². The molecule has 1 N–H and O–H groups in total. The van der Waals surface area contributed by atoms with Gasteiger partial charge in [-0.1, -0.05) is 17.7 Å². The van der Waals surface area contributed by atoms with E-state index in [2.05, 4.69) is 20.4 Å². The molecule has 0 saturated carbocycles. The predicted octanol–water partition coefficient (Wildman–Crippen LogP) is 3.63. The van der Waals surface area contributed by atoms with E-state index in [1.165, 1.54) is 0 Å². The molecule has 8 heteroatoms. The molecule has 0 spiro atoms. The highest BCUT2D eigenvalue weighted by Crippen LogP contribution is 2.30. The zero-order valence-electron chi connectivity index (χ0n) is 17.0. The van der Waals surface area contributed by atoms with E-state index < -0.39 is 0 Å². The van der Waals surface area contributed by atoms with Crippen LogP contribution in [-0.4, -0.2) is 42.9 Å². The van der Waals surface area contributed by atoms with Crippen LogP contribution in [0.4, 0.5) is 5.82 Å². The standard InChI is InChI=1S/C21H27ClN4O3/c1-4-29-17-8-7-15(12-18(17)28-3)14(2)23-21(27)16-6-5-11-26(13-16)20-10-9-19(22)24-25-20/h7-10,12,14,16H,4-6,11,13H2,1-3H3,(H,23,27)/t14-,16-/m1/s1. The Morgan fingerprint density at radius 2 is 2.14 bits per heavy atom. The Labute approximate surface area is 176 Å². The number of ether oxygens (including phenoxy) is 2. The number of nitrogens with zero attached hydrogens (tertiary/aromatic N) is 3. The van der Waals surface area contributed by atoms with Crippen LogP contribution in [0.25, 0.3) is 0 Å². The van der Waals surface area contributed by atoms with Crippen LogP contribution >= 0.6 is 11.6 Å². The summed E-state index contributed by atoms with van der Waals surface area (Å²) in [6.07, 6.45) is 1.77. The number of methoxy groups -OCH3 is 1. The van der Waals surface area contributed by atoms with E-state index in [0.717, 1.165) is 30.8 Å². The van der Waals surface area contributed by atoms with Crippen LogP contribution in [0, 0.1) is 5.92 Å². The van der Waals surface area contributed by atoms with Gasteiger partial charge in [0.25, 0.3) is 0 Å². The summed E-state index contributed by atoms with van der Waals surface area (Å²) >= 11 is 5.82. The lowest BCUT2D eigenvalue weighted by molar-refractivity contribution is -0.125. The molecule has 0 aliphatic carbocycles. The molecular formula is C21H27ClN4O3. The zero-order chi connectivity index (χ0) is 20.8. The molecule has 1 aromatic carbocycles. The zero-order valence-corrected chi connectivity index (χ0v) is 17.8. The summed E-state index contributed by atoms with van der Waals surface area (Å²) < 4.78 is 11.0. The van der Waals surface area contributed by atoms with E-state index in [0.29, 0.717) is 29.8 Å². The summed E-state index contributed by atoms with van der Waals surface area (Å²) in [7, 11) is 1.61. The largest absolute Gasteiger partial charge is 0.493 e. The number of hydrogen-bond acceptors (Lipinski definition) is 6. The van der Waals surface area contributed by atoms with E-state index in [9.17, 15) is 4.79 Å². The molecule has 29 heavy (non-hydrogen) atoms. The molecule has 2 atom stereocenters. The molecule has 0 bridgehead atoms. The van der Waals surface area contributed by atoms with Gasteiger partial charge in [0.2, 0.25) is 5.91 Å². The lowest BCUT2D eigenvalue weighted by Gasteiger charge is -2.33. The van der Waals surface area contributed by atoms with Crippen molar-refractivity contribution in [3.8, 4) is 11.5 Å². The molecule has 0 radical (unpaired) electrons. The maximum absolute atomic E-state index is 12.9. The topological polar surface area (TPSA) is 76.6 Å². The highest BCUT2D eigenvalue weighted by molar-refractivity contribution is 6.29. The van der Waals surface area contributed by atoms with Gasteiger partial charge in [0, 0.05) is 13.1 Å². The van der Waals surface area contributed by atoms with Crippen molar-refractivity contribution in [1.29, 1.82) is 0 Å². The van der Waals surface area contributed by atoms with Crippen molar-refractivity contribution >= 4 is 23.3 Å². The van der Waals surface area contributed by atoms with Crippen LogP contribution in [0.1, 0.15) is 38.3 Å². The molecule has 7 nitrogen and oxygen atoms in total. The molecule has 1 aliphatic heterocycles. The van der Waals surface area contributed by atoms with Gasteiger partial charge in [0.15, 0.2) is 22.5 Å². The van der Waals surface area contributed by atoms with Gasteiger partial charge in [0.1, 0.15) is 0 Å². The lowest BCUT2D eigenvalue weighted by Crippen LogP contribution is -2.44. The number of anilines is 1. The second-order valence-corrected chi connectivity index (χ2v) is 7.46. The van der Waals surface area contributed by atoms with E-state index in [1.807, 2.05) is 38.1 Å². The van der Waals surface area contributed by atoms with Crippen molar-refractivity contribution in [3.63, 3.8) is 0 Å². The van der Waals surface area contributed by atoms with Crippen LogP contribution in [0.2, 0.25) is 5.15 Å². The first-order valence-electron chi connectivity index (χ1n) is 9.87. The number of piperidine rings is 1. The third-order valence-corrected chi connectivity index (χ3v) is 5.28. The Morgan fingerprint density at radius 3 is 2.83 bits per heavy atom. The van der Waals surface area contributed by atoms with Crippen molar-refractivity contribution in [1.82, 2.24) is 15.5 Å². The first-order valence-corrected chi connectivity index (χ1v) is 10.2. The highest BCUT2D eigenvalue weighted by atomic mass is 35.5. The minimum atomic E-state index is -0.141. The minimum absolute atomic E-state index is 0.0389. The Balaban J connectivity index is 1.63. The Hall–Kier alpha value is -2.54.